The van der Waals surface area contributed by atoms with Gasteiger partial charge in [0.25, 0.3) is 5.91 Å². The maximum absolute atomic E-state index is 13.2. The molecule has 1 fully saturated rings. The molecule has 2 aromatic carbocycles. The molecule has 1 aliphatic carbocycles. The van der Waals surface area contributed by atoms with Gasteiger partial charge in [0.1, 0.15) is 0 Å². The summed E-state index contributed by atoms with van der Waals surface area (Å²) < 4.78 is 0. The SMILES string of the molecule is O=C(Nc1nc2c(s1)CCC2C(=O)N1CCN(c2ccccc2)CC1)c1ccccc1. The first-order chi connectivity index (χ1) is 15.2. The molecule has 0 spiro atoms. The Morgan fingerprint density at radius 2 is 1.61 bits per heavy atom. The summed E-state index contributed by atoms with van der Waals surface area (Å²) in [5, 5.41) is 3.46. The van der Waals surface area contributed by atoms with Gasteiger partial charge < -0.3 is 9.80 Å². The van der Waals surface area contributed by atoms with Crippen LogP contribution in [0.5, 0.6) is 0 Å². The number of benzene rings is 2. The minimum atomic E-state index is -0.197. The van der Waals surface area contributed by atoms with E-state index in [4.69, 9.17) is 0 Å². The second kappa shape index (κ2) is 8.51. The van der Waals surface area contributed by atoms with E-state index in [1.54, 1.807) is 12.1 Å². The number of amides is 2. The summed E-state index contributed by atoms with van der Waals surface area (Å²) in [5.41, 5.74) is 2.65. The summed E-state index contributed by atoms with van der Waals surface area (Å²) >= 11 is 1.49. The highest BCUT2D eigenvalue weighted by molar-refractivity contribution is 7.16. The third-order valence-corrected chi connectivity index (χ3v) is 7.03. The summed E-state index contributed by atoms with van der Waals surface area (Å²) in [4.78, 5) is 35.7. The van der Waals surface area contributed by atoms with Gasteiger partial charge in [-0.2, -0.15) is 0 Å². The number of para-hydroxylation sites is 1. The van der Waals surface area contributed by atoms with Crippen LogP contribution in [-0.4, -0.2) is 47.9 Å². The fraction of sp³-hybridized carbons (Fsp3) is 0.292. The average Bonchev–Trinajstić information content (AvgIpc) is 3.40. The number of hydrogen-bond donors (Lipinski definition) is 1. The number of aryl methyl sites for hydroxylation is 1. The zero-order valence-electron chi connectivity index (χ0n) is 17.2. The minimum Gasteiger partial charge on any atom is -0.368 e. The summed E-state index contributed by atoms with van der Waals surface area (Å²) in [6.07, 6.45) is 1.65. The van der Waals surface area contributed by atoms with Gasteiger partial charge in [0.05, 0.1) is 11.6 Å². The van der Waals surface area contributed by atoms with E-state index in [1.807, 2.05) is 41.3 Å². The first-order valence-electron chi connectivity index (χ1n) is 10.6. The first kappa shape index (κ1) is 19.8. The summed E-state index contributed by atoms with van der Waals surface area (Å²) in [6.45, 7) is 3.12. The fourth-order valence-corrected chi connectivity index (χ4v) is 5.36. The molecule has 31 heavy (non-hydrogen) atoms. The number of hydrogen-bond acceptors (Lipinski definition) is 5. The van der Waals surface area contributed by atoms with Gasteiger partial charge in [-0.05, 0) is 37.1 Å². The zero-order valence-corrected chi connectivity index (χ0v) is 18.0. The Bertz CT molecular complexity index is 1080. The molecule has 2 aliphatic rings. The molecule has 6 nitrogen and oxygen atoms in total. The molecule has 0 saturated carbocycles. The quantitative estimate of drug-likeness (QED) is 0.682. The molecule has 1 atom stereocenters. The third-order valence-electron chi connectivity index (χ3n) is 5.98. The zero-order chi connectivity index (χ0) is 21.2. The second-order valence-electron chi connectivity index (χ2n) is 7.89. The molecule has 2 heterocycles. The third kappa shape index (κ3) is 4.05. The Hall–Kier alpha value is -3.19. The van der Waals surface area contributed by atoms with Gasteiger partial charge in [-0.1, -0.05) is 36.4 Å². The molecule has 1 aliphatic heterocycles. The van der Waals surface area contributed by atoms with Crippen LogP contribution in [0.4, 0.5) is 10.8 Å². The highest BCUT2D eigenvalue weighted by atomic mass is 32.1. The number of carbonyl (C=O) groups excluding carboxylic acids is 2. The number of nitrogens with zero attached hydrogens (tertiary/aromatic N) is 3. The van der Waals surface area contributed by atoms with Crippen LogP contribution in [-0.2, 0) is 11.2 Å². The standard InChI is InChI=1S/C24H24N4O2S/c29-22(17-7-3-1-4-8-17)26-24-25-21-19(11-12-20(21)31-24)23(30)28-15-13-27(14-16-28)18-9-5-2-6-10-18/h1-10,19H,11-16H2,(H,25,26,29). The van der Waals surface area contributed by atoms with Crippen molar-refractivity contribution in [2.45, 2.75) is 18.8 Å². The molecule has 3 aromatic rings. The van der Waals surface area contributed by atoms with Crippen molar-refractivity contribution in [1.82, 2.24) is 9.88 Å². The topological polar surface area (TPSA) is 65.5 Å². The van der Waals surface area contributed by atoms with Crippen molar-refractivity contribution in [2.75, 3.05) is 36.4 Å². The number of fused-ring (bicyclic) bond motifs is 1. The number of piperazine rings is 1. The van der Waals surface area contributed by atoms with Crippen molar-refractivity contribution in [3.05, 3.63) is 76.8 Å². The van der Waals surface area contributed by atoms with Crippen molar-refractivity contribution in [3.63, 3.8) is 0 Å². The molecule has 0 bridgehead atoms. The Morgan fingerprint density at radius 3 is 2.32 bits per heavy atom. The van der Waals surface area contributed by atoms with E-state index in [9.17, 15) is 9.59 Å². The van der Waals surface area contributed by atoms with Crippen molar-refractivity contribution in [1.29, 1.82) is 0 Å². The smallest absolute Gasteiger partial charge is 0.257 e. The van der Waals surface area contributed by atoms with Crippen LogP contribution >= 0.6 is 11.3 Å². The van der Waals surface area contributed by atoms with E-state index in [0.717, 1.165) is 49.6 Å². The number of thiazole rings is 1. The molecular weight excluding hydrogens is 408 g/mol. The van der Waals surface area contributed by atoms with Crippen molar-refractivity contribution in [2.24, 2.45) is 0 Å². The van der Waals surface area contributed by atoms with Gasteiger partial charge in [0.2, 0.25) is 5.91 Å². The number of carbonyl (C=O) groups is 2. The lowest BCUT2D eigenvalue weighted by Crippen LogP contribution is -2.50. The second-order valence-corrected chi connectivity index (χ2v) is 8.97. The Kier molecular flexibility index (Phi) is 5.42. The van der Waals surface area contributed by atoms with Crippen LogP contribution in [0, 0.1) is 0 Å². The van der Waals surface area contributed by atoms with Crippen molar-refractivity contribution >= 4 is 34.0 Å². The van der Waals surface area contributed by atoms with Crippen molar-refractivity contribution < 1.29 is 9.59 Å². The van der Waals surface area contributed by atoms with Gasteiger partial charge in [0.15, 0.2) is 5.13 Å². The van der Waals surface area contributed by atoms with E-state index in [0.29, 0.717) is 10.7 Å². The molecule has 1 N–H and O–H groups in total. The van der Waals surface area contributed by atoms with Crippen LogP contribution in [0.3, 0.4) is 0 Å². The largest absolute Gasteiger partial charge is 0.368 e. The van der Waals surface area contributed by atoms with Crippen molar-refractivity contribution in [3.8, 4) is 0 Å². The predicted molar refractivity (Wildman–Crippen MR) is 123 cm³/mol. The Labute approximate surface area is 185 Å². The van der Waals surface area contributed by atoms with Crippen LogP contribution in [0.1, 0.15) is 33.3 Å². The van der Waals surface area contributed by atoms with Gasteiger partial charge in [-0.3, -0.25) is 14.9 Å². The highest BCUT2D eigenvalue weighted by Crippen LogP contribution is 2.39. The molecule has 5 rings (SSSR count). The van der Waals surface area contributed by atoms with E-state index in [2.05, 4.69) is 27.3 Å². The van der Waals surface area contributed by atoms with Crippen LogP contribution in [0.25, 0.3) is 0 Å². The average molecular weight is 433 g/mol. The maximum Gasteiger partial charge on any atom is 0.257 e. The molecule has 0 radical (unpaired) electrons. The molecule has 158 valence electrons. The van der Waals surface area contributed by atoms with Gasteiger partial charge in [-0.15, -0.1) is 11.3 Å². The maximum atomic E-state index is 13.2. The summed E-state index contributed by atoms with van der Waals surface area (Å²) in [6, 6.07) is 19.4. The van der Waals surface area contributed by atoms with E-state index >= 15 is 0 Å². The lowest BCUT2D eigenvalue weighted by Gasteiger charge is -2.37. The van der Waals surface area contributed by atoms with Gasteiger partial charge in [-0.25, -0.2) is 4.98 Å². The number of rotatable bonds is 4. The summed E-state index contributed by atoms with van der Waals surface area (Å²) in [5.74, 6) is -0.206. The highest BCUT2D eigenvalue weighted by Gasteiger charge is 2.36. The molecule has 2 amide bonds. The normalized spacial score (nSPS) is 18.0. The van der Waals surface area contributed by atoms with Crippen LogP contribution in [0.2, 0.25) is 0 Å². The fourth-order valence-electron chi connectivity index (χ4n) is 4.32. The van der Waals surface area contributed by atoms with E-state index in [-0.39, 0.29) is 17.7 Å². The minimum absolute atomic E-state index is 0.165. The van der Waals surface area contributed by atoms with Crippen LogP contribution in [0.15, 0.2) is 60.7 Å². The number of nitrogens with one attached hydrogen (secondary N) is 1. The predicted octanol–water partition coefficient (Wildman–Crippen LogP) is 3.77. The van der Waals surface area contributed by atoms with Crippen LogP contribution < -0.4 is 10.2 Å². The number of anilines is 2. The van der Waals surface area contributed by atoms with E-state index < -0.39 is 0 Å². The molecule has 7 heteroatoms. The van der Waals surface area contributed by atoms with Gasteiger partial charge in [0, 0.05) is 42.3 Å². The first-order valence-corrected chi connectivity index (χ1v) is 11.5. The molecule has 1 unspecified atom stereocenters. The van der Waals surface area contributed by atoms with E-state index in [1.165, 1.54) is 17.0 Å². The Balaban J connectivity index is 1.23. The Morgan fingerprint density at radius 1 is 0.935 bits per heavy atom. The molecule has 1 saturated heterocycles. The molecule has 1 aromatic heterocycles. The number of aromatic nitrogens is 1. The lowest BCUT2D eigenvalue weighted by molar-refractivity contribution is -0.133. The van der Waals surface area contributed by atoms with Gasteiger partial charge >= 0.3 is 0 Å². The summed E-state index contributed by atoms with van der Waals surface area (Å²) in [7, 11) is 0. The molecular formula is C24H24N4O2S. The lowest BCUT2D eigenvalue weighted by atomic mass is 10.1. The monoisotopic (exact) mass is 432 g/mol.